The molecule has 1 atom stereocenters. The Balaban J connectivity index is 1.21. The van der Waals surface area contributed by atoms with E-state index in [9.17, 15) is 4.79 Å². The zero-order valence-corrected chi connectivity index (χ0v) is 24.6. The van der Waals surface area contributed by atoms with Gasteiger partial charge in [-0.25, -0.2) is 4.68 Å². The molecule has 1 saturated carbocycles. The number of benzene rings is 1. The first-order valence-electron chi connectivity index (χ1n) is 15.4. The van der Waals surface area contributed by atoms with E-state index in [1.807, 2.05) is 14.0 Å². The summed E-state index contributed by atoms with van der Waals surface area (Å²) in [5, 5.41) is 11.5. The molecule has 7 rings (SSSR count). The lowest BCUT2D eigenvalue weighted by Crippen LogP contribution is -2.36. The molecule has 4 aliphatic rings. The number of guanidine groups is 1. The van der Waals surface area contributed by atoms with Crippen LogP contribution in [0.25, 0.3) is 11.3 Å². The number of ether oxygens (including phenoxy) is 1. The highest BCUT2D eigenvalue weighted by Crippen LogP contribution is 2.43. The van der Waals surface area contributed by atoms with Crippen molar-refractivity contribution in [2.45, 2.75) is 45.4 Å². The van der Waals surface area contributed by atoms with E-state index in [1.54, 1.807) is 23.0 Å². The van der Waals surface area contributed by atoms with Gasteiger partial charge >= 0.3 is 0 Å². The average Bonchev–Trinajstić information content (AvgIpc) is 3.41. The van der Waals surface area contributed by atoms with E-state index in [0.717, 1.165) is 60.8 Å². The predicted octanol–water partition coefficient (Wildman–Crippen LogP) is 4.93. The quantitative estimate of drug-likeness (QED) is 0.447. The van der Waals surface area contributed by atoms with Gasteiger partial charge in [0, 0.05) is 43.6 Å². The number of anilines is 3. The van der Waals surface area contributed by atoms with E-state index in [0.29, 0.717) is 41.5 Å². The molecular weight excluding hydrogens is 528 g/mol. The molecule has 220 valence electrons. The molecule has 42 heavy (non-hydrogen) atoms. The fourth-order valence-corrected chi connectivity index (χ4v) is 6.57. The van der Waals surface area contributed by atoms with Gasteiger partial charge in [-0.2, -0.15) is 10.1 Å². The van der Waals surface area contributed by atoms with E-state index in [2.05, 4.69) is 48.7 Å². The first-order chi connectivity index (χ1) is 20.5. The van der Waals surface area contributed by atoms with Crippen LogP contribution in [-0.2, 0) is 7.05 Å². The van der Waals surface area contributed by atoms with E-state index in [1.165, 1.54) is 38.8 Å². The number of likely N-dealkylation sites (tertiary alicyclic amines) is 1. The maximum atomic E-state index is 13.7. The molecule has 3 aromatic rings. The molecule has 3 aliphatic heterocycles. The minimum Gasteiger partial charge on any atom is -0.477 e. The highest BCUT2D eigenvalue weighted by Gasteiger charge is 2.36. The molecule has 1 aliphatic carbocycles. The Morgan fingerprint density at radius 2 is 1.93 bits per heavy atom. The molecule has 0 spiro atoms. The van der Waals surface area contributed by atoms with Crippen LogP contribution in [0.4, 0.5) is 17.1 Å². The van der Waals surface area contributed by atoms with Gasteiger partial charge in [-0.15, -0.1) is 0 Å². The van der Waals surface area contributed by atoms with Crippen molar-refractivity contribution in [1.29, 1.82) is 0 Å². The summed E-state index contributed by atoms with van der Waals surface area (Å²) < 4.78 is 8.03. The molecule has 0 radical (unpaired) electrons. The molecule has 2 bridgehead atoms. The van der Waals surface area contributed by atoms with Gasteiger partial charge in [0.15, 0.2) is 0 Å². The Kier molecular flexibility index (Phi) is 7.31. The normalized spacial score (nSPS) is 22.1. The largest absolute Gasteiger partial charge is 0.477 e. The van der Waals surface area contributed by atoms with Crippen molar-refractivity contribution >= 4 is 28.9 Å². The second kappa shape index (κ2) is 11.4. The third-order valence-corrected chi connectivity index (χ3v) is 8.98. The average molecular weight is 569 g/mol. The van der Waals surface area contributed by atoms with Gasteiger partial charge in [-0.05, 0) is 101 Å². The number of nitrogens with zero attached hydrogens (tertiary/aromatic N) is 6. The first kappa shape index (κ1) is 26.9. The SMILES string of the molecule is Cc1cc2cc(n1)-c1cnn(C)c1OCCC[C@@H](C1CC1)CN1/C(=N/C2=O)Nc2ccc(NCCN3CCCC3)cc21. The van der Waals surface area contributed by atoms with E-state index < -0.39 is 0 Å². The number of aryl methyl sites for hydroxylation is 2. The smallest absolute Gasteiger partial charge is 0.280 e. The van der Waals surface area contributed by atoms with Crippen LogP contribution in [0.15, 0.2) is 41.5 Å². The minimum atomic E-state index is -0.296. The molecule has 2 fully saturated rings. The second-order valence-corrected chi connectivity index (χ2v) is 12.1. The van der Waals surface area contributed by atoms with Crippen molar-refractivity contribution in [3.63, 3.8) is 0 Å². The Morgan fingerprint density at radius 3 is 2.76 bits per heavy atom. The van der Waals surface area contributed by atoms with Crippen LogP contribution >= 0.6 is 0 Å². The number of hydrogen-bond acceptors (Lipinski definition) is 8. The van der Waals surface area contributed by atoms with Crippen LogP contribution < -0.4 is 20.3 Å². The maximum Gasteiger partial charge on any atom is 0.280 e. The standard InChI is InChI=1S/C32H40N8O2/c1-21-16-24-17-28(35-21)26-19-34-38(2)31(26)42-15-5-6-23(22-7-8-22)20-40-29-18-25(33-11-14-39-12-3-4-13-39)9-10-27(29)36-32(40)37-30(24)41/h9-10,16-19,22-23,33H,3-8,11-15,20H2,1-2H3,(H,36,37,41)/t23-/m1/s1. The number of pyridine rings is 1. The Bertz CT molecular complexity index is 1500. The third kappa shape index (κ3) is 5.60. The monoisotopic (exact) mass is 568 g/mol. The van der Waals surface area contributed by atoms with Crippen molar-refractivity contribution < 1.29 is 9.53 Å². The number of carbonyl (C=O) groups excluding carboxylic acids is 1. The summed E-state index contributed by atoms with van der Waals surface area (Å²) >= 11 is 0. The van der Waals surface area contributed by atoms with Gasteiger partial charge in [-0.1, -0.05) is 0 Å². The van der Waals surface area contributed by atoms with Crippen LogP contribution in [0.5, 0.6) is 5.88 Å². The molecular formula is C32H40N8O2. The zero-order valence-electron chi connectivity index (χ0n) is 24.6. The lowest BCUT2D eigenvalue weighted by molar-refractivity contribution is 0.100. The molecule has 0 unspecified atom stereocenters. The third-order valence-electron chi connectivity index (χ3n) is 8.98. The number of hydrogen-bond donors (Lipinski definition) is 2. The fraction of sp³-hybridized carbons (Fsp3) is 0.500. The Morgan fingerprint density at radius 1 is 1.07 bits per heavy atom. The topological polar surface area (TPSA) is 99.9 Å². The minimum absolute atomic E-state index is 0.296. The van der Waals surface area contributed by atoms with Crippen LogP contribution in [0.2, 0.25) is 0 Å². The van der Waals surface area contributed by atoms with Gasteiger partial charge in [0.25, 0.3) is 5.91 Å². The summed E-state index contributed by atoms with van der Waals surface area (Å²) in [6.07, 6.45) is 8.87. The Labute approximate surface area is 247 Å². The molecule has 10 heteroatoms. The zero-order chi connectivity index (χ0) is 28.6. The molecule has 10 nitrogen and oxygen atoms in total. The number of rotatable bonds is 5. The molecule has 2 N–H and O–H groups in total. The molecule has 2 aromatic heterocycles. The summed E-state index contributed by atoms with van der Waals surface area (Å²) in [6.45, 7) is 7.68. The van der Waals surface area contributed by atoms with E-state index in [4.69, 9.17) is 9.72 Å². The van der Waals surface area contributed by atoms with Crippen molar-refractivity contribution in [3.8, 4) is 17.1 Å². The van der Waals surface area contributed by atoms with Crippen LogP contribution in [-0.4, -0.2) is 70.9 Å². The van der Waals surface area contributed by atoms with Crippen LogP contribution in [0.1, 0.15) is 54.6 Å². The van der Waals surface area contributed by atoms with Crippen LogP contribution in [0.3, 0.4) is 0 Å². The summed E-state index contributed by atoms with van der Waals surface area (Å²) in [4.78, 5) is 27.8. The number of nitrogens with one attached hydrogen (secondary N) is 2. The summed E-state index contributed by atoms with van der Waals surface area (Å²) in [5.74, 6) is 2.15. The van der Waals surface area contributed by atoms with Crippen molar-refractivity contribution in [3.05, 3.63) is 47.8 Å². The number of carbonyl (C=O) groups is 1. The lowest BCUT2D eigenvalue weighted by atomic mass is 9.97. The number of aliphatic imine (C=N–C) groups is 1. The van der Waals surface area contributed by atoms with Gasteiger partial charge in [0.05, 0.1) is 35.4 Å². The lowest BCUT2D eigenvalue weighted by Gasteiger charge is -2.26. The van der Waals surface area contributed by atoms with Gasteiger partial charge in [0.1, 0.15) is 0 Å². The number of fused-ring (bicyclic) bond motifs is 7. The Hall–Kier alpha value is -3.92. The van der Waals surface area contributed by atoms with Crippen molar-refractivity contribution in [2.24, 2.45) is 23.9 Å². The second-order valence-electron chi connectivity index (χ2n) is 12.1. The van der Waals surface area contributed by atoms with Crippen LogP contribution in [0, 0.1) is 18.8 Å². The van der Waals surface area contributed by atoms with Gasteiger partial charge in [-0.3, -0.25) is 9.78 Å². The van der Waals surface area contributed by atoms with Gasteiger partial charge in [0.2, 0.25) is 11.8 Å². The summed E-state index contributed by atoms with van der Waals surface area (Å²) in [6, 6.07) is 10.0. The van der Waals surface area contributed by atoms with Gasteiger partial charge < -0.3 is 25.2 Å². The van der Waals surface area contributed by atoms with E-state index in [-0.39, 0.29) is 5.91 Å². The predicted molar refractivity (Wildman–Crippen MR) is 165 cm³/mol. The fourth-order valence-electron chi connectivity index (χ4n) is 6.57. The van der Waals surface area contributed by atoms with Crippen molar-refractivity contribution in [1.82, 2.24) is 19.7 Å². The highest BCUT2D eigenvalue weighted by atomic mass is 16.5. The molecule has 1 amide bonds. The molecule has 5 heterocycles. The molecule has 1 aromatic carbocycles. The van der Waals surface area contributed by atoms with Crippen molar-refractivity contribution in [2.75, 3.05) is 54.9 Å². The number of amides is 1. The maximum absolute atomic E-state index is 13.7. The first-order valence-corrected chi connectivity index (χ1v) is 15.4. The summed E-state index contributed by atoms with van der Waals surface area (Å²) in [7, 11) is 1.88. The molecule has 1 saturated heterocycles. The highest BCUT2D eigenvalue weighted by molar-refractivity contribution is 6.19. The number of aromatic nitrogens is 3. The van der Waals surface area contributed by atoms with E-state index >= 15 is 0 Å². The summed E-state index contributed by atoms with van der Waals surface area (Å²) in [5.41, 5.74) is 5.84.